The Bertz CT molecular complexity index is 517. The third-order valence-electron chi connectivity index (χ3n) is 3.58. The number of ether oxygens (including phenoxy) is 2. The zero-order valence-corrected chi connectivity index (χ0v) is 13.7. The molecule has 2 atom stereocenters. The van der Waals surface area contributed by atoms with Crippen LogP contribution in [-0.4, -0.2) is 49.0 Å². The van der Waals surface area contributed by atoms with Gasteiger partial charge < -0.3 is 14.4 Å². The van der Waals surface area contributed by atoms with Gasteiger partial charge in [-0.3, -0.25) is 4.79 Å². The summed E-state index contributed by atoms with van der Waals surface area (Å²) in [5.41, 5.74) is 1.04. The molecule has 0 aliphatic carbocycles. The number of methoxy groups -OCH3 is 1. The normalized spacial score (nSPS) is 12.8. The van der Waals surface area contributed by atoms with Crippen LogP contribution in [0.15, 0.2) is 30.3 Å². The van der Waals surface area contributed by atoms with Gasteiger partial charge in [0.1, 0.15) is 12.1 Å². The lowest BCUT2D eigenvalue weighted by Gasteiger charge is -2.30. The Kier molecular flexibility index (Phi) is 7.80. The van der Waals surface area contributed by atoms with Crippen molar-refractivity contribution in [2.24, 2.45) is 0 Å². The van der Waals surface area contributed by atoms with Gasteiger partial charge in [0.2, 0.25) is 6.41 Å². The average Bonchev–Trinajstić information content (AvgIpc) is 2.58. The van der Waals surface area contributed by atoms with E-state index in [1.165, 1.54) is 14.0 Å². The molecule has 0 heterocycles. The molecule has 0 spiro atoms. The second kappa shape index (κ2) is 9.61. The first-order valence-electron chi connectivity index (χ1n) is 7.56. The third-order valence-corrected chi connectivity index (χ3v) is 3.58. The number of benzene rings is 1. The van der Waals surface area contributed by atoms with Gasteiger partial charge in [0.25, 0.3) is 0 Å². The summed E-state index contributed by atoms with van der Waals surface area (Å²) in [6.07, 6.45) is 1.44. The number of amides is 1. The minimum absolute atomic E-state index is 0.208. The van der Waals surface area contributed by atoms with Gasteiger partial charge in [-0.15, -0.1) is 0 Å². The van der Waals surface area contributed by atoms with E-state index in [0.717, 1.165) is 10.5 Å². The average molecular weight is 321 g/mol. The lowest BCUT2D eigenvalue weighted by Crippen LogP contribution is -2.49. The van der Waals surface area contributed by atoms with Gasteiger partial charge in [0.05, 0.1) is 13.7 Å². The highest BCUT2D eigenvalue weighted by atomic mass is 16.5. The largest absolute Gasteiger partial charge is 0.467 e. The fourth-order valence-corrected chi connectivity index (χ4v) is 2.30. The topological polar surface area (TPSA) is 72.9 Å². The van der Waals surface area contributed by atoms with Crippen molar-refractivity contribution in [3.8, 4) is 0 Å². The first-order valence-corrected chi connectivity index (χ1v) is 7.56. The first-order chi connectivity index (χ1) is 11.0. The number of carbonyl (C=O) groups is 3. The number of nitrogens with zero attached hydrogens (tertiary/aromatic N) is 1. The Morgan fingerprint density at radius 3 is 2.39 bits per heavy atom. The Morgan fingerprint density at radius 2 is 1.87 bits per heavy atom. The first kappa shape index (κ1) is 18.7. The summed E-state index contributed by atoms with van der Waals surface area (Å²) in [5, 5.41) is 0. The predicted octanol–water partition coefficient (Wildman–Crippen LogP) is 1.57. The van der Waals surface area contributed by atoms with E-state index in [-0.39, 0.29) is 6.61 Å². The number of aryl methyl sites for hydroxylation is 1. The Labute approximate surface area is 136 Å². The van der Waals surface area contributed by atoms with E-state index in [4.69, 9.17) is 4.74 Å². The smallest absolute Gasteiger partial charge is 0.328 e. The van der Waals surface area contributed by atoms with Gasteiger partial charge in [-0.05, 0) is 32.3 Å². The van der Waals surface area contributed by atoms with E-state index >= 15 is 0 Å². The van der Waals surface area contributed by atoms with Gasteiger partial charge in [-0.2, -0.15) is 0 Å². The fourth-order valence-electron chi connectivity index (χ4n) is 2.30. The zero-order valence-electron chi connectivity index (χ0n) is 13.7. The van der Waals surface area contributed by atoms with E-state index in [1.54, 1.807) is 6.92 Å². The molecule has 1 aromatic carbocycles. The molecule has 0 unspecified atom stereocenters. The molecular weight excluding hydrogens is 298 g/mol. The molecule has 6 nitrogen and oxygen atoms in total. The van der Waals surface area contributed by atoms with Gasteiger partial charge in [0.15, 0.2) is 0 Å². The quantitative estimate of drug-likeness (QED) is 0.510. The summed E-state index contributed by atoms with van der Waals surface area (Å²) in [6, 6.07) is 7.91. The van der Waals surface area contributed by atoms with Crippen molar-refractivity contribution >= 4 is 18.3 Å². The second-order valence-electron chi connectivity index (χ2n) is 5.04. The molecule has 23 heavy (non-hydrogen) atoms. The van der Waals surface area contributed by atoms with Crippen molar-refractivity contribution in [3.63, 3.8) is 0 Å². The second-order valence-corrected chi connectivity index (χ2v) is 5.04. The highest BCUT2D eigenvalue weighted by Gasteiger charge is 2.33. The SMILES string of the molecule is CCOC(=O)[C@H](CCc1ccccc1)N(C=O)[C@@H](C)C(=O)OC. The maximum atomic E-state index is 12.2. The molecule has 0 aliphatic heterocycles. The number of carbonyl (C=O) groups excluding carboxylic acids is 3. The standard InChI is InChI=1S/C17H23NO5/c1-4-23-17(21)15(11-10-14-8-6-5-7-9-14)18(12-19)13(2)16(20)22-3/h5-9,12-13,15H,4,10-11H2,1-3H3/t13-,15-/m0/s1. The molecule has 1 aromatic rings. The lowest BCUT2D eigenvalue weighted by atomic mass is 10.0. The maximum absolute atomic E-state index is 12.2. The molecule has 0 saturated heterocycles. The van der Waals surface area contributed by atoms with Crippen LogP contribution >= 0.6 is 0 Å². The van der Waals surface area contributed by atoms with Crippen molar-refractivity contribution < 1.29 is 23.9 Å². The van der Waals surface area contributed by atoms with Crippen molar-refractivity contribution in [3.05, 3.63) is 35.9 Å². The molecule has 0 saturated carbocycles. The van der Waals surface area contributed by atoms with Crippen LogP contribution in [0.3, 0.4) is 0 Å². The van der Waals surface area contributed by atoms with Crippen LogP contribution in [0.5, 0.6) is 0 Å². The van der Waals surface area contributed by atoms with Crippen LogP contribution in [0.25, 0.3) is 0 Å². The summed E-state index contributed by atoms with van der Waals surface area (Å²) in [5.74, 6) is -1.10. The molecule has 6 heteroatoms. The van der Waals surface area contributed by atoms with Crippen molar-refractivity contribution in [1.29, 1.82) is 0 Å². The van der Waals surface area contributed by atoms with Gasteiger partial charge in [0, 0.05) is 0 Å². The highest BCUT2D eigenvalue weighted by molar-refractivity contribution is 5.83. The minimum atomic E-state index is -0.859. The van der Waals surface area contributed by atoms with Crippen molar-refractivity contribution in [2.45, 2.75) is 38.8 Å². The van der Waals surface area contributed by atoms with Gasteiger partial charge in [-0.1, -0.05) is 30.3 Å². The summed E-state index contributed by atoms with van der Waals surface area (Å²) in [6.45, 7) is 3.43. The predicted molar refractivity (Wildman–Crippen MR) is 84.6 cm³/mol. The van der Waals surface area contributed by atoms with Crippen LogP contribution in [0, 0.1) is 0 Å². The van der Waals surface area contributed by atoms with Gasteiger partial charge >= 0.3 is 11.9 Å². The molecule has 0 radical (unpaired) electrons. The Balaban J connectivity index is 2.91. The van der Waals surface area contributed by atoms with Gasteiger partial charge in [-0.25, -0.2) is 9.59 Å². The molecule has 0 aromatic heterocycles. The van der Waals surface area contributed by atoms with Crippen molar-refractivity contribution in [2.75, 3.05) is 13.7 Å². The Hall–Kier alpha value is -2.37. The highest BCUT2D eigenvalue weighted by Crippen LogP contribution is 2.14. The van der Waals surface area contributed by atoms with Crippen LogP contribution in [0.1, 0.15) is 25.8 Å². The molecule has 0 fully saturated rings. The minimum Gasteiger partial charge on any atom is -0.467 e. The number of hydrogen-bond acceptors (Lipinski definition) is 5. The monoisotopic (exact) mass is 321 g/mol. The van der Waals surface area contributed by atoms with E-state index in [9.17, 15) is 14.4 Å². The molecule has 0 aliphatic rings. The molecular formula is C17H23NO5. The Morgan fingerprint density at radius 1 is 1.22 bits per heavy atom. The summed E-state index contributed by atoms with van der Waals surface area (Å²) in [7, 11) is 1.24. The van der Waals surface area contributed by atoms with Crippen molar-refractivity contribution in [1.82, 2.24) is 4.90 Å². The number of esters is 2. The van der Waals surface area contributed by atoms with Crippen LogP contribution in [0.2, 0.25) is 0 Å². The summed E-state index contributed by atoms with van der Waals surface area (Å²) >= 11 is 0. The van der Waals surface area contributed by atoms with E-state index in [0.29, 0.717) is 19.3 Å². The number of hydrogen-bond donors (Lipinski definition) is 0. The molecule has 0 N–H and O–H groups in total. The fraction of sp³-hybridized carbons (Fsp3) is 0.471. The third kappa shape index (κ3) is 5.39. The summed E-state index contributed by atoms with van der Waals surface area (Å²) in [4.78, 5) is 36.5. The molecule has 1 amide bonds. The zero-order chi connectivity index (χ0) is 17.2. The van der Waals surface area contributed by atoms with Crippen LogP contribution in [-0.2, 0) is 30.3 Å². The van der Waals surface area contributed by atoms with E-state index < -0.39 is 24.0 Å². The van der Waals surface area contributed by atoms with Crippen LogP contribution < -0.4 is 0 Å². The molecule has 0 bridgehead atoms. The van der Waals surface area contributed by atoms with E-state index in [2.05, 4.69) is 4.74 Å². The molecule has 1 rings (SSSR count). The molecule has 126 valence electrons. The lowest BCUT2D eigenvalue weighted by molar-refractivity contribution is -0.158. The van der Waals surface area contributed by atoms with E-state index in [1.807, 2.05) is 30.3 Å². The number of rotatable bonds is 9. The van der Waals surface area contributed by atoms with Crippen LogP contribution in [0.4, 0.5) is 0 Å². The summed E-state index contributed by atoms with van der Waals surface area (Å²) < 4.78 is 9.70. The maximum Gasteiger partial charge on any atom is 0.328 e.